The first-order valence-corrected chi connectivity index (χ1v) is 5.29. The highest BCUT2D eigenvalue weighted by atomic mass is 35.5. The number of rotatable bonds is 6. The molecule has 0 aromatic carbocycles. The Balaban J connectivity index is 2.75. The quantitative estimate of drug-likeness (QED) is 0.365. The van der Waals surface area contributed by atoms with E-state index in [0.29, 0.717) is 23.8 Å². The van der Waals surface area contributed by atoms with Gasteiger partial charge in [-0.05, 0) is 11.6 Å². The summed E-state index contributed by atoms with van der Waals surface area (Å²) in [4.78, 5) is 13.9. The molecule has 1 rings (SSSR count). The summed E-state index contributed by atoms with van der Waals surface area (Å²) in [6.07, 6.45) is 4.57. The van der Waals surface area contributed by atoms with Gasteiger partial charge < -0.3 is 5.32 Å². The molecule has 0 saturated heterocycles. The molecule has 17 heavy (non-hydrogen) atoms. The van der Waals surface area contributed by atoms with Crippen molar-refractivity contribution in [2.24, 2.45) is 0 Å². The molecule has 90 valence electrons. The number of pyridine rings is 1. The van der Waals surface area contributed by atoms with Crippen LogP contribution in [0.15, 0.2) is 42.9 Å². The summed E-state index contributed by atoms with van der Waals surface area (Å²) < 4.78 is 0. The normalized spacial score (nSPS) is 11.0. The zero-order valence-corrected chi connectivity index (χ0v) is 9.85. The van der Waals surface area contributed by atoms with Crippen molar-refractivity contribution in [1.29, 1.82) is 0 Å². The Hall–Kier alpha value is -1.88. The minimum absolute atomic E-state index is 0.396. The van der Waals surface area contributed by atoms with E-state index >= 15 is 0 Å². The van der Waals surface area contributed by atoms with E-state index in [0.717, 1.165) is 11.8 Å². The van der Waals surface area contributed by atoms with Crippen LogP contribution in [0.3, 0.4) is 0 Å². The van der Waals surface area contributed by atoms with Crippen molar-refractivity contribution in [3.05, 3.63) is 63.7 Å². The van der Waals surface area contributed by atoms with E-state index in [1.807, 2.05) is 0 Å². The van der Waals surface area contributed by atoms with Gasteiger partial charge in [-0.25, -0.2) is 4.98 Å². The smallest absolute Gasteiger partial charge is 0.253 e. The minimum Gasteiger partial charge on any atom is -0.380 e. The zero-order valence-electron chi connectivity index (χ0n) is 9.10. The van der Waals surface area contributed by atoms with Crippen LogP contribution in [0.5, 0.6) is 0 Å². The molecule has 0 atom stereocenters. The standard InChI is InChI=1S/C11H12ClN3O2/c1-2-5-13-10(8-15(16)17)6-9-3-4-11(12)14-7-9/h2-4,7-8,13H,1,5-6H2. The van der Waals surface area contributed by atoms with Gasteiger partial charge in [0.05, 0.1) is 10.6 Å². The summed E-state index contributed by atoms with van der Waals surface area (Å²) in [5.41, 5.74) is 1.35. The number of nitrogens with zero attached hydrogens (tertiary/aromatic N) is 2. The maximum absolute atomic E-state index is 10.4. The molecular weight excluding hydrogens is 242 g/mol. The molecule has 1 heterocycles. The van der Waals surface area contributed by atoms with E-state index < -0.39 is 4.92 Å². The highest BCUT2D eigenvalue weighted by Gasteiger charge is 2.04. The van der Waals surface area contributed by atoms with Gasteiger partial charge >= 0.3 is 0 Å². The molecule has 0 bridgehead atoms. The summed E-state index contributed by atoms with van der Waals surface area (Å²) in [5.74, 6) is 0. The lowest BCUT2D eigenvalue weighted by Gasteiger charge is -2.06. The second kappa shape index (κ2) is 6.65. The summed E-state index contributed by atoms with van der Waals surface area (Å²) >= 11 is 5.65. The second-order valence-electron chi connectivity index (χ2n) is 3.28. The Kier molecular flexibility index (Phi) is 5.16. The Morgan fingerprint density at radius 2 is 2.41 bits per heavy atom. The van der Waals surface area contributed by atoms with Crippen LogP contribution in [-0.4, -0.2) is 16.5 Å². The fraction of sp³-hybridized carbons (Fsp3) is 0.182. The third kappa shape index (κ3) is 5.12. The van der Waals surface area contributed by atoms with E-state index in [1.54, 1.807) is 24.4 Å². The van der Waals surface area contributed by atoms with Crippen LogP contribution in [-0.2, 0) is 6.42 Å². The van der Waals surface area contributed by atoms with Crippen LogP contribution in [0.25, 0.3) is 0 Å². The maximum Gasteiger partial charge on any atom is 0.253 e. The predicted octanol–water partition coefficient (Wildman–Crippen LogP) is 2.17. The van der Waals surface area contributed by atoms with Crippen molar-refractivity contribution in [2.75, 3.05) is 6.54 Å². The largest absolute Gasteiger partial charge is 0.380 e. The lowest BCUT2D eigenvalue weighted by atomic mass is 10.1. The van der Waals surface area contributed by atoms with Crippen LogP contribution in [0.1, 0.15) is 5.56 Å². The molecule has 0 aliphatic carbocycles. The molecule has 1 aromatic heterocycles. The molecule has 0 aliphatic rings. The average molecular weight is 254 g/mol. The first-order chi connectivity index (χ1) is 8.11. The highest BCUT2D eigenvalue weighted by molar-refractivity contribution is 6.29. The van der Waals surface area contributed by atoms with E-state index in [1.165, 1.54) is 0 Å². The summed E-state index contributed by atoms with van der Waals surface area (Å²) in [7, 11) is 0. The van der Waals surface area contributed by atoms with E-state index in [-0.39, 0.29) is 0 Å². The van der Waals surface area contributed by atoms with Gasteiger partial charge in [0.2, 0.25) is 0 Å². The second-order valence-corrected chi connectivity index (χ2v) is 3.66. The van der Waals surface area contributed by atoms with Crippen LogP contribution >= 0.6 is 11.6 Å². The Morgan fingerprint density at radius 1 is 1.65 bits per heavy atom. The fourth-order valence-corrected chi connectivity index (χ4v) is 1.33. The third-order valence-corrected chi connectivity index (χ3v) is 2.14. The van der Waals surface area contributed by atoms with Gasteiger partial charge in [0.25, 0.3) is 6.20 Å². The minimum atomic E-state index is -0.491. The van der Waals surface area contributed by atoms with Gasteiger partial charge in [0, 0.05) is 19.2 Å². The maximum atomic E-state index is 10.4. The van der Waals surface area contributed by atoms with Gasteiger partial charge in [-0.15, -0.1) is 6.58 Å². The van der Waals surface area contributed by atoms with Crippen LogP contribution in [0.4, 0.5) is 0 Å². The SMILES string of the molecule is C=CCNC(=C[N+](=O)[O-])Cc1ccc(Cl)nc1. The highest BCUT2D eigenvalue weighted by Crippen LogP contribution is 2.09. The number of aromatic nitrogens is 1. The number of nitro groups is 1. The molecule has 0 radical (unpaired) electrons. The molecular formula is C11H12ClN3O2. The van der Waals surface area contributed by atoms with Crippen molar-refractivity contribution in [3.8, 4) is 0 Å². The summed E-state index contributed by atoms with van der Waals surface area (Å²) in [6, 6.07) is 3.42. The van der Waals surface area contributed by atoms with E-state index in [4.69, 9.17) is 11.6 Å². The topological polar surface area (TPSA) is 68.1 Å². The summed E-state index contributed by atoms with van der Waals surface area (Å²) in [5, 5.41) is 13.7. The fourth-order valence-electron chi connectivity index (χ4n) is 1.22. The van der Waals surface area contributed by atoms with E-state index in [2.05, 4.69) is 16.9 Å². The molecule has 6 heteroatoms. The molecule has 0 spiro atoms. The molecule has 0 fully saturated rings. The van der Waals surface area contributed by atoms with Crippen LogP contribution < -0.4 is 5.32 Å². The monoisotopic (exact) mass is 253 g/mol. The van der Waals surface area contributed by atoms with Gasteiger partial charge in [0.15, 0.2) is 0 Å². The van der Waals surface area contributed by atoms with Crippen molar-refractivity contribution >= 4 is 11.6 Å². The first kappa shape index (κ1) is 13.2. The van der Waals surface area contributed by atoms with Crippen LogP contribution in [0.2, 0.25) is 5.15 Å². The van der Waals surface area contributed by atoms with Crippen molar-refractivity contribution in [1.82, 2.24) is 10.3 Å². The zero-order chi connectivity index (χ0) is 12.7. The average Bonchev–Trinajstić information content (AvgIpc) is 2.28. The van der Waals surface area contributed by atoms with Gasteiger partial charge in [-0.3, -0.25) is 10.1 Å². The molecule has 5 nitrogen and oxygen atoms in total. The predicted molar refractivity (Wildman–Crippen MR) is 66.2 cm³/mol. The van der Waals surface area contributed by atoms with Crippen LogP contribution in [0, 0.1) is 10.1 Å². The van der Waals surface area contributed by atoms with Gasteiger partial charge in [-0.2, -0.15) is 0 Å². The molecule has 0 saturated carbocycles. The molecule has 0 aliphatic heterocycles. The van der Waals surface area contributed by atoms with Gasteiger partial charge in [0.1, 0.15) is 5.15 Å². The van der Waals surface area contributed by atoms with Crippen molar-refractivity contribution in [2.45, 2.75) is 6.42 Å². The van der Waals surface area contributed by atoms with Crippen molar-refractivity contribution in [3.63, 3.8) is 0 Å². The molecule has 0 amide bonds. The Morgan fingerprint density at radius 3 is 2.94 bits per heavy atom. The number of nitrogens with one attached hydrogen (secondary N) is 1. The lowest BCUT2D eigenvalue weighted by Crippen LogP contribution is -2.16. The third-order valence-electron chi connectivity index (χ3n) is 1.92. The molecule has 0 unspecified atom stereocenters. The Bertz CT molecular complexity index is 429. The number of halogens is 1. The van der Waals surface area contributed by atoms with Crippen molar-refractivity contribution < 1.29 is 4.92 Å². The first-order valence-electron chi connectivity index (χ1n) is 4.91. The number of allylic oxidation sites excluding steroid dienone is 1. The lowest BCUT2D eigenvalue weighted by molar-refractivity contribution is -0.403. The number of hydrogen-bond donors (Lipinski definition) is 1. The summed E-state index contributed by atoms with van der Waals surface area (Å²) in [6.45, 7) is 4.01. The number of hydrogen-bond acceptors (Lipinski definition) is 4. The Labute approximate surface area is 104 Å². The van der Waals surface area contributed by atoms with Gasteiger partial charge in [-0.1, -0.05) is 23.7 Å². The molecule has 1 aromatic rings. The van der Waals surface area contributed by atoms with E-state index in [9.17, 15) is 10.1 Å². The molecule has 1 N–H and O–H groups in total.